The highest BCUT2D eigenvalue weighted by molar-refractivity contribution is 7.98. The highest BCUT2D eigenvalue weighted by atomic mass is 32.2. The van der Waals surface area contributed by atoms with Gasteiger partial charge in [-0.05, 0) is 46.6 Å². The fourth-order valence-corrected chi connectivity index (χ4v) is 5.16. The van der Waals surface area contributed by atoms with E-state index in [2.05, 4.69) is 24.7 Å². The smallest absolute Gasteiger partial charge is 0.328 e. The summed E-state index contributed by atoms with van der Waals surface area (Å²) in [4.78, 5) is 28.7. The zero-order valence-electron chi connectivity index (χ0n) is 24.0. The number of nitrogens with zero attached hydrogens (tertiary/aromatic N) is 4. The normalized spacial score (nSPS) is 11.8. The molecule has 2 N–H and O–H groups in total. The van der Waals surface area contributed by atoms with Crippen molar-refractivity contribution in [2.24, 2.45) is 0 Å². The lowest BCUT2D eigenvalue weighted by atomic mass is 9.87. The van der Waals surface area contributed by atoms with E-state index in [0.717, 1.165) is 16.5 Å². The molecular formula is C30H31N5O6S2. The van der Waals surface area contributed by atoms with E-state index in [0.29, 0.717) is 16.7 Å². The van der Waals surface area contributed by atoms with Crippen LogP contribution in [0.1, 0.15) is 31.9 Å². The van der Waals surface area contributed by atoms with E-state index in [1.807, 2.05) is 27.0 Å². The third kappa shape index (κ3) is 8.52. The molecule has 13 heteroatoms. The third-order valence-corrected chi connectivity index (χ3v) is 8.12. The topological polar surface area (TPSA) is 153 Å². The number of carboxylic acids is 1. The minimum Gasteiger partial charge on any atom is -0.478 e. The van der Waals surface area contributed by atoms with Gasteiger partial charge < -0.3 is 14.6 Å². The van der Waals surface area contributed by atoms with Crippen LogP contribution in [0.2, 0.25) is 0 Å². The molecule has 0 aliphatic rings. The molecule has 0 saturated heterocycles. The van der Waals surface area contributed by atoms with Crippen LogP contribution in [0.5, 0.6) is 11.9 Å². The average Bonchev–Trinajstić information content (AvgIpc) is 2.98. The summed E-state index contributed by atoms with van der Waals surface area (Å²) in [6.07, 6.45) is 8.90. The Bertz CT molecular complexity index is 1690. The number of aromatic nitrogens is 4. The van der Waals surface area contributed by atoms with Crippen molar-refractivity contribution in [1.29, 1.82) is 0 Å². The predicted molar refractivity (Wildman–Crippen MR) is 165 cm³/mol. The molecule has 2 heterocycles. The Morgan fingerprint density at radius 3 is 2.21 bits per heavy atom. The zero-order chi connectivity index (χ0) is 31.0. The monoisotopic (exact) mass is 621 g/mol. The van der Waals surface area contributed by atoms with Gasteiger partial charge in [0.2, 0.25) is 5.88 Å². The van der Waals surface area contributed by atoms with Crippen molar-refractivity contribution in [2.75, 3.05) is 24.2 Å². The number of sulfonamides is 1. The Labute approximate surface area is 254 Å². The van der Waals surface area contributed by atoms with Crippen LogP contribution >= 0.6 is 11.8 Å². The van der Waals surface area contributed by atoms with Crippen LogP contribution in [0.25, 0.3) is 17.2 Å². The van der Waals surface area contributed by atoms with Crippen molar-refractivity contribution in [1.82, 2.24) is 19.9 Å². The van der Waals surface area contributed by atoms with Gasteiger partial charge in [-0.2, -0.15) is 0 Å². The van der Waals surface area contributed by atoms with Gasteiger partial charge in [-0.1, -0.05) is 57.2 Å². The number of ether oxygens (including phenoxy) is 2. The molecule has 0 aliphatic heterocycles. The molecule has 0 fully saturated rings. The lowest BCUT2D eigenvalue weighted by Crippen LogP contribution is -2.17. The molecular weight excluding hydrogens is 590 g/mol. The first-order valence-electron chi connectivity index (χ1n) is 13.1. The Morgan fingerprint density at radius 2 is 1.60 bits per heavy atom. The first kappa shape index (κ1) is 31.4. The number of benzene rings is 2. The quantitative estimate of drug-likeness (QED) is 0.120. The minimum atomic E-state index is -4.03. The van der Waals surface area contributed by atoms with E-state index >= 15 is 0 Å². The van der Waals surface area contributed by atoms with Crippen molar-refractivity contribution < 1.29 is 27.8 Å². The van der Waals surface area contributed by atoms with E-state index in [1.54, 1.807) is 60.9 Å². The molecule has 0 atom stereocenters. The van der Waals surface area contributed by atoms with Gasteiger partial charge in [-0.25, -0.2) is 33.1 Å². The lowest BCUT2D eigenvalue weighted by molar-refractivity contribution is -0.131. The second-order valence-electron chi connectivity index (χ2n) is 10.2. The van der Waals surface area contributed by atoms with Crippen LogP contribution in [0, 0.1) is 0 Å². The van der Waals surface area contributed by atoms with Crippen molar-refractivity contribution in [3.63, 3.8) is 0 Å². The second kappa shape index (κ2) is 13.7. The second-order valence-corrected chi connectivity index (χ2v) is 12.7. The number of carboxylic acid groups (broad SMARTS) is 1. The molecule has 0 bridgehead atoms. The molecule has 4 aromatic rings. The average molecular weight is 622 g/mol. The van der Waals surface area contributed by atoms with Gasteiger partial charge in [0.25, 0.3) is 10.0 Å². The number of anilines is 1. The molecule has 0 radical (unpaired) electrons. The summed E-state index contributed by atoms with van der Waals surface area (Å²) in [5.74, 6) is -0.946. The molecule has 2 aromatic heterocycles. The van der Waals surface area contributed by atoms with Crippen LogP contribution < -0.4 is 14.2 Å². The highest BCUT2D eigenvalue weighted by Crippen LogP contribution is 2.35. The molecule has 224 valence electrons. The fraction of sp³-hybridized carbons (Fsp3) is 0.233. The number of thioether (sulfide) groups is 1. The first-order chi connectivity index (χ1) is 20.5. The van der Waals surface area contributed by atoms with Gasteiger partial charge in [-0.3, -0.25) is 4.72 Å². The summed E-state index contributed by atoms with van der Waals surface area (Å²) in [7, 11) is -4.03. The van der Waals surface area contributed by atoms with Gasteiger partial charge in [0.1, 0.15) is 19.5 Å². The van der Waals surface area contributed by atoms with Crippen molar-refractivity contribution in [3.8, 4) is 23.0 Å². The van der Waals surface area contributed by atoms with Crippen LogP contribution in [-0.2, 0) is 20.2 Å². The van der Waals surface area contributed by atoms with E-state index in [4.69, 9.17) is 14.6 Å². The third-order valence-electron chi connectivity index (χ3n) is 6.09. The van der Waals surface area contributed by atoms with Crippen LogP contribution in [0.4, 0.5) is 5.82 Å². The maximum atomic E-state index is 13.4. The molecule has 0 spiro atoms. The molecule has 0 aliphatic carbocycles. The lowest BCUT2D eigenvalue weighted by Gasteiger charge is -2.19. The van der Waals surface area contributed by atoms with Gasteiger partial charge >= 0.3 is 12.0 Å². The number of nitrogens with one attached hydrogen (secondary N) is 1. The van der Waals surface area contributed by atoms with Gasteiger partial charge in [-0.15, -0.1) is 11.8 Å². The molecule has 11 nitrogen and oxygen atoms in total. The molecule has 0 unspecified atom stereocenters. The maximum absolute atomic E-state index is 13.4. The Morgan fingerprint density at radius 1 is 0.953 bits per heavy atom. The summed E-state index contributed by atoms with van der Waals surface area (Å²) in [6, 6.07) is 13.6. The molecule has 0 saturated carbocycles. The Balaban J connectivity index is 1.62. The van der Waals surface area contributed by atoms with Crippen LogP contribution in [0.15, 0.2) is 83.1 Å². The van der Waals surface area contributed by atoms with E-state index < -0.39 is 16.0 Å². The molecule has 0 amide bonds. The number of hydrogen-bond acceptors (Lipinski definition) is 10. The minimum absolute atomic E-state index is 0.00984. The van der Waals surface area contributed by atoms with E-state index in [9.17, 15) is 13.2 Å². The highest BCUT2D eigenvalue weighted by Gasteiger charge is 2.23. The van der Waals surface area contributed by atoms with Crippen molar-refractivity contribution >= 4 is 39.6 Å². The summed E-state index contributed by atoms with van der Waals surface area (Å²) >= 11 is 1.51. The summed E-state index contributed by atoms with van der Waals surface area (Å²) in [6.45, 7) is 6.29. The molecule has 43 heavy (non-hydrogen) atoms. The Hall–Kier alpha value is -4.49. The predicted octanol–water partition coefficient (Wildman–Crippen LogP) is 5.31. The number of carbonyl (C=O) groups is 1. The first-order valence-corrected chi connectivity index (χ1v) is 15.8. The van der Waals surface area contributed by atoms with E-state index in [1.165, 1.54) is 24.2 Å². The summed E-state index contributed by atoms with van der Waals surface area (Å²) < 4.78 is 40.9. The number of aliphatic carboxylic acids is 1. The summed E-state index contributed by atoms with van der Waals surface area (Å²) in [5.41, 5.74) is 2.33. The van der Waals surface area contributed by atoms with Gasteiger partial charge in [0, 0.05) is 23.4 Å². The van der Waals surface area contributed by atoms with Gasteiger partial charge in [0.15, 0.2) is 5.82 Å². The summed E-state index contributed by atoms with van der Waals surface area (Å²) in [5, 5.41) is 8.93. The van der Waals surface area contributed by atoms with Crippen LogP contribution in [0.3, 0.4) is 0 Å². The number of hydrogen-bond donors (Lipinski definition) is 2. The molecule has 4 rings (SSSR count). The molecule has 2 aromatic carbocycles. The maximum Gasteiger partial charge on any atom is 0.328 e. The van der Waals surface area contributed by atoms with Crippen LogP contribution in [-0.4, -0.2) is 58.9 Å². The largest absolute Gasteiger partial charge is 0.478 e. The van der Waals surface area contributed by atoms with Crippen molar-refractivity contribution in [3.05, 3.63) is 84.5 Å². The SMILES string of the molecule is CSc1cnc(OCCOc2ncnc(NS(=O)(=O)c3ccc(C(C)(C)C)cc3)c2-c2ccc(C=CC(=O)O)cc2)nc1. The van der Waals surface area contributed by atoms with E-state index in [-0.39, 0.29) is 41.2 Å². The van der Waals surface area contributed by atoms with Crippen molar-refractivity contribution in [2.45, 2.75) is 36.0 Å². The standard InChI is InChI=1S/C30H31N5O6S2/c1-30(2,3)22-10-12-24(13-11-22)43(38,39)35-27-26(21-8-5-20(6-9-21)7-14-25(36)37)28(34-19-33-27)40-15-16-41-29-31-17-23(42-4)18-32-29/h5-14,17-19H,15-16H2,1-4H3,(H,36,37)(H,33,34,35). The zero-order valence-corrected chi connectivity index (χ0v) is 25.6. The fourth-order valence-electron chi connectivity index (χ4n) is 3.82. The number of rotatable bonds is 12. The van der Waals surface area contributed by atoms with Gasteiger partial charge in [0.05, 0.1) is 10.5 Å². The Kier molecular flexibility index (Phi) is 9.99.